The van der Waals surface area contributed by atoms with E-state index in [1.807, 2.05) is 6.92 Å². The maximum absolute atomic E-state index is 11.8. The van der Waals surface area contributed by atoms with E-state index < -0.39 is 5.97 Å². The van der Waals surface area contributed by atoms with Crippen molar-refractivity contribution in [2.24, 2.45) is 0 Å². The molecule has 6 nitrogen and oxygen atoms in total. The molecule has 0 unspecified atom stereocenters. The summed E-state index contributed by atoms with van der Waals surface area (Å²) in [6, 6.07) is 0. The van der Waals surface area contributed by atoms with Crippen LogP contribution in [-0.4, -0.2) is 28.7 Å². The van der Waals surface area contributed by atoms with Gasteiger partial charge < -0.3 is 14.9 Å². The van der Waals surface area contributed by atoms with Crippen molar-refractivity contribution in [1.29, 1.82) is 0 Å². The van der Waals surface area contributed by atoms with Crippen molar-refractivity contribution in [2.75, 3.05) is 6.54 Å². The van der Waals surface area contributed by atoms with Gasteiger partial charge in [-0.25, -0.2) is 0 Å². The number of carbonyl (C=O) groups is 2. The Hall–Kier alpha value is -1.85. The number of nitrogens with one attached hydrogen (secondary N) is 1. The number of nitrogens with zero attached hydrogens (tertiary/aromatic N) is 1. The van der Waals surface area contributed by atoms with Crippen molar-refractivity contribution < 1.29 is 19.2 Å². The molecule has 0 aromatic carbocycles. The maximum Gasteiger partial charge on any atom is 0.303 e. The Kier molecular flexibility index (Phi) is 7.50. The normalized spacial score (nSPS) is 10.6. The molecule has 0 saturated heterocycles. The second-order valence-corrected chi connectivity index (χ2v) is 5.24. The van der Waals surface area contributed by atoms with E-state index in [9.17, 15) is 9.59 Å². The smallest absolute Gasteiger partial charge is 0.303 e. The molecule has 1 rings (SSSR count). The average Bonchev–Trinajstić information content (AvgIpc) is 2.73. The molecule has 0 aliphatic heterocycles. The second-order valence-electron chi connectivity index (χ2n) is 5.24. The van der Waals surface area contributed by atoms with Gasteiger partial charge in [0.25, 0.3) is 0 Å². The molecule has 0 spiro atoms. The highest BCUT2D eigenvalue weighted by atomic mass is 16.5. The molecule has 1 amide bonds. The molecule has 6 heteroatoms. The van der Waals surface area contributed by atoms with Crippen molar-refractivity contribution in [3.05, 3.63) is 17.0 Å². The zero-order valence-electron chi connectivity index (χ0n) is 12.8. The van der Waals surface area contributed by atoms with Gasteiger partial charge in [0.15, 0.2) is 0 Å². The maximum atomic E-state index is 11.8. The molecule has 0 saturated carbocycles. The van der Waals surface area contributed by atoms with Gasteiger partial charge in [0.1, 0.15) is 5.76 Å². The number of unbranched alkanes of at least 4 members (excludes halogenated alkanes) is 4. The van der Waals surface area contributed by atoms with Crippen LogP contribution in [-0.2, 0) is 16.0 Å². The Morgan fingerprint density at radius 1 is 1.14 bits per heavy atom. The van der Waals surface area contributed by atoms with E-state index in [4.69, 9.17) is 9.63 Å². The first kappa shape index (κ1) is 17.2. The average molecular weight is 296 g/mol. The van der Waals surface area contributed by atoms with Crippen LogP contribution >= 0.6 is 0 Å². The van der Waals surface area contributed by atoms with E-state index in [1.54, 1.807) is 6.92 Å². The number of carboxylic acids is 1. The minimum atomic E-state index is -0.735. The first-order valence-corrected chi connectivity index (χ1v) is 7.41. The van der Waals surface area contributed by atoms with Crippen LogP contribution in [0, 0.1) is 13.8 Å². The molecule has 1 aromatic heterocycles. The first-order chi connectivity index (χ1) is 10.0. The molecular formula is C15H24N2O4. The lowest BCUT2D eigenvalue weighted by Crippen LogP contribution is -2.26. The quantitative estimate of drug-likeness (QED) is 0.647. The molecule has 118 valence electrons. The predicted octanol–water partition coefficient (Wildman–Crippen LogP) is 2.38. The molecule has 1 aromatic rings. The summed E-state index contributed by atoms with van der Waals surface area (Å²) < 4.78 is 5.02. The third-order valence-electron chi connectivity index (χ3n) is 3.41. The number of aromatic nitrogens is 1. The van der Waals surface area contributed by atoms with Crippen LogP contribution in [0.5, 0.6) is 0 Å². The van der Waals surface area contributed by atoms with E-state index in [1.165, 1.54) is 0 Å². The molecular weight excluding hydrogens is 272 g/mol. The second kappa shape index (κ2) is 9.15. The van der Waals surface area contributed by atoms with Gasteiger partial charge in [-0.15, -0.1) is 0 Å². The van der Waals surface area contributed by atoms with Crippen LogP contribution < -0.4 is 5.32 Å². The number of amides is 1. The zero-order chi connectivity index (χ0) is 15.7. The van der Waals surface area contributed by atoms with Gasteiger partial charge >= 0.3 is 5.97 Å². The molecule has 0 fully saturated rings. The SMILES string of the molecule is Cc1noc(C)c1CC(=O)NCCCCCCCC(=O)O. The van der Waals surface area contributed by atoms with Crippen molar-refractivity contribution in [2.45, 2.75) is 58.8 Å². The van der Waals surface area contributed by atoms with E-state index >= 15 is 0 Å². The zero-order valence-corrected chi connectivity index (χ0v) is 12.8. The van der Waals surface area contributed by atoms with E-state index in [0.717, 1.165) is 43.4 Å². The Balaban J connectivity index is 2.05. The standard InChI is InChI=1S/C15H24N2O4/c1-11-13(12(2)21-17-11)10-14(18)16-9-7-5-3-4-6-8-15(19)20/h3-10H2,1-2H3,(H,16,18)(H,19,20). The highest BCUT2D eigenvalue weighted by Crippen LogP contribution is 2.12. The fourth-order valence-electron chi connectivity index (χ4n) is 2.14. The lowest BCUT2D eigenvalue weighted by molar-refractivity contribution is -0.137. The number of aliphatic carboxylic acids is 1. The first-order valence-electron chi connectivity index (χ1n) is 7.41. The van der Waals surface area contributed by atoms with Gasteiger partial charge in [0.2, 0.25) is 5.91 Å². The van der Waals surface area contributed by atoms with Gasteiger partial charge in [-0.1, -0.05) is 24.4 Å². The summed E-state index contributed by atoms with van der Waals surface area (Å²) in [5.41, 5.74) is 1.63. The lowest BCUT2D eigenvalue weighted by atomic mass is 10.1. The van der Waals surface area contributed by atoms with Gasteiger partial charge in [0.05, 0.1) is 12.1 Å². The third-order valence-corrected chi connectivity index (χ3v) is 3.41. The number of hydrogen-bond acceptors (Lipinski definition) is 4. The topological polar surface area (TPSA) is 92.4 Å². The summed E-state index contributed by atoms with van der Waals surface area (Å²) in [5.74, 6) is -0.0575. The molecule has 2 N–H and O–H groups in total. The minimum absolute atomic E-state index is 0.0183. The summed E-state index contributed by atoms with van der Waals surface area (Å²) in [6.45, 7) is 4.29. The summed E-state index contributed by atoms with van der Waals surface area (Å²) in [7, 11) is 0. The Morgan fingerprint density at radius 3 is 2.43 bits per heavy atom. The largest absolute Gasteiger partial charge is 0.481 e. The highest BCUT2D eigenvalue weighted by Gasteiger charge is 2.12. The summed E-state index contributed by atoms with van der Waals surface area (Å²) in [6.07, 6.45) is 5.14. The highest BCUT2D eigenvalue weighted by molar-refractivity contribution is 5.78. The van der Waals surface area contributed by atoms with E-state index in [-0.39, 0.29) is 12.3 Å². The molecule has 0 radical (unpaired) electrons. The molecule has 0 aliphatic rings. The molecule has 0 atom stereocenters. The number of hydrogen-bond donors (Lipinski definition) is 2. The predicted molar refractivity (Wildman–Crippen MR) is 78.0 cm³/mol. The van der Waals surface area contributed by atoms with Crippen LogP contribution in [0.25, 0.3) is 0 Å². The molecule has 1 heterocycles. The van der Waals surface area contributed by atoms with Crippen molar-refractivity contribution in [1.82, 2.24) is 10.5 Å². The van der Waals surface area contributed by atoms with Crippen LogP contribution in [0.15, 0.2) is 4.52 Å². The fraction of sp³-hybridized carbons (Fsp3) is 0.667. The van der Waals surface area contributed by atoms with Crippen LogP contribution in [0.4, 0.5) is 0 Å². The van der Waals surface area contributed by atoms with Gasteiger partial charge in [-0.05, 0) is 26.7 Å². The lowest BCUT2D eigenvalue weighted by Gasteiger charge is -2.05. The Labute approximate surface area is 124 Å². The van der Waals surface area contributed by atoms with Crippen LogP contribution in [0.1, 0.15) is 55.5 Å². The number of carboxylic acid groups (broad SMARTS) is 1. The van der Waals surface area contributed by atoms with E-state index in [2.05, 4.69) is 10.5 Å². The minimum Gasteiger partial charge on any atom is -0.481 e. The van der Waals surface area contributed by atoms with Gasteiger partial charge in [-0.2, -0.15) is 0 Å². The van der Waals surface area contributed by atoms with Crippen molar-refractivity contribution in [3.8, 4) is 0 Å². The van der Waals surface area contributed by atoms with Crippen LogP contribution in [0.3, 0.4) is 0 Å². The van der Waals surface area contributed by atoms with Crippen LogP contribution in [0.2, 0.25) is 0 Å². The fourth-order valence-corrected chi connectivity index (χ4v) is 2.14. The number of aryl methyl sites for hydroxylation is 2. The van der Waals surface area contributed by atoms with E-state index in [0.29, 0.717) is 18.7 Å². The molecule has 0 aliphatic carbocycles. The van der Waals surface area contributed by atoms with Crippen molar-refractivity contribution in [3.63, 3.8) is 0 Å². The Morgan fingerprint density at radius 2 is 1.81 bits per heavy atom. The van der Waals surface area contributed by atoms with Crippen molar-refractivity contribution >= 4 is 11.9 Å². The molecule has 0 bridgehead atoms. The third kappa shape index (κ3) is 6.92. The summed E-state index contributed by atoms with van der Waals surface area (Å²) in [4.78, 5) is 22.1. The van der Waals surface area contributed by atoms with Gasteiger partial charge in [0, 0.05) is 18.5 Å². The Bertz CT molecular complexity index is 449. The number of rotatable bonds is 10. The summed E-state index contributed by atoms with van der Waals surface area (Å²) in [5, 5.41) is 15.2. The number of carbonyl (C=O) groups excluding carboxylic acids is 1. The molecule has 21 heavy (non-hydrogen) atoms. The van der Waals surface area contributed by atoms with Gasteiger partial charge in [-0.3, -0.25) is 9.59 Å². The summed E-state index contributed by atoms with van der Waals surface area (Å²) >= 11 is 0. The monoisotopic (exact) mass is 296 g/mol.